The number of likely N-dealkylation sites (N-methyl/N-ethyl adjacent to an activating group) is 1. The lowest BCUT2D eigenvalue weighted by Gasteiger charge is -2.14. The first-order valence-electron chi connectivity index (χ1n) is 6.44. The van der Waals surface area contributed by atoms with Crippen LogP contribution in [0.4, 0.5) is 4.79 Å². The first-order chi connectivity index (χ1) is 9.93. The molecular formula is C13H18N4O4. The molecule has 1 heterocycles. The highest BCUT2D eigenvalue weighted by Crippen LogP contribution is 2.01. The lowest BCUT2D eigenvalue weighted by molar-refractivity contribution is -0.122. The van der Waals surface area contributed by atoms with Crippen LogP contribution in [0.3, 0.4) is 0 Å². The summed E-state index contributed by atoms with van der Waals surface area (Å²) in [5.41, 5.74) is 0.508. The molecule has 0 aliphatic heterocycles. The highest BCUT2D eigenvalue weighted by atomic mass is 16.4. The van der Waals surface area contributed by atoms with Crippen LogP contribution < -0.4 is 16.0 Å². The number of amides is 3. The lowest BCUT2D eigenvalue weighted by atomic mass is 10.2. The Morgan fingerprint density at radius 2 is 2.05 bits per heavy atom. The van der Waals surface area contributed by atoms with Crippen LogP contribution in [0.1, 0.15) is 29.9 Å². The average Bonchev–Trinajstić information content (AvgIpc) is 2.45. The summed E-state index contributed by atoms with van der Waals surface area (Å²) in [6, 6.07) is 1.54. The second-order valence-corrected chi connectivity index (χ2v) is 4.28. The summed E-state index contributed by atoms with van der Waals surface area (Å²) < 4.78 is 0. The Bertz CT molecular complexity index is 533. The minimum Gasteiger partial charge on any atom is -0.478 e. The monoisotopic (exact) mass is 294 g/mol. The number of nitrogens with one attached hydrogen (secondary N) is 3. The van der Waals surface area contributed by atoms with Crippen molar-refractivity contribution in [1.29, 1.82) is 0 Å². The van der Waals surface area contributed by atoms with E-state index >= 15 is 0 Å². The molecule has 0 bridgehead atoms. The van der Waals surface area contributed by atoms with Gasteiger partial charge in [0.2, 0.25) is 5.91 Å². The van der Waals surface area contributed by atoms with Gasteiger partial charge in [0, 0.05) is 12.7 Å². The van der Waals surface area contributed by atoms with E-state index < -0.39 is 18.0 Å². The third kappa shape index (κ3) is 5.47. The van der Waals surface area contributed by atoms with E-state index in [1.807, 2.05) is 0 Å². The highest BCUT2D eigenvalue weighted by molar-refractivity contribution is 5.88. The van der Waals surface area contributed by atoms with Gasteiger partial charge in [-0.05, 0) is 26.0 Å². The van der Waals surface area contributed by atoms with Crippen LogP contribution in [0.25, 0.3) is 0 Å². The van der Waals surface area contributed by atoms with E-state index in [-0.39, 0.29) is 18.0 Å². The standard InChI is InChI=1S/C13H18N4O4/c1-3-14-11(18)8(2)17-13(21)16-7-10-6-9(12(19)20)4-5-15-10/h4-6,8H,3,7H2,1-2H3,(H,14,18)(H,19,20)(H2,16,17,21). The number of carbonyl (C=O) groups excluding carboxylic acids is 2. The Kier molecular flexibility index (Phi) is 6.12. The molecule has 21 heavy (non-hydrogen) atoms. The van der Waals surface area contributed by atoms with Gasteiger partial charge >= 0.3 is 12.0 Å². The molecule has 0 fully saturated rings. The molecule has 1 rings (SSSR count). The third-order valence-electron chi connectivity index (χ3n) is 2.59. The van der Waals surface area contributed by atoms with Crippen LogP contribution in [0, 0.1) is 0 Å². The molecule has 8 nitrogen and oxygen atoms in total. The number of hydrogen-bond donors (Lipinski definition) is 4. The van der Waals surface area contributed by atoms with Crippen LogP contribution in [0.5, 0.6) is 0 Å². The maximum atomic E-state index is 11.6. The highest BCUT2D eigenvalue weighted by Gasteiger charge is 2.14. The van der Waals surface area contributed by atoms with Crippen molar-refractivity contribution in [2.24, 2.45) is 0 Å². The van der Waals surface area contributed by atoms with Gasteiger partial charge in [-0.2, -0.15) is 0 Å². The molecule has 8 heteroatoms. The van der Waals surface area contributed by atoms with Crippen molar-refractivity contribution >= 4 is 17.9 Å². The van der Waals surface area contributed by atoms with Crippen molar-refractivity contribution in [3.8, 4) is 0 Å². The number of nitrogens with zero attached hydrogens (tertiary/aromatic N) is 1. The SMILES string of the molecule is CCNC(=O)C(C)NC(=O)NCc1cc(C(=O)O)ccn1. The number of hydrogen-bond acceptors (Lipinski definition) is 4. The van der Waals surface area contributed by atoms with Gasteiger partial charge in [0.05, 0.1) is 17.8 Å². The fourth-order valence-corrected chi connectivity index (χ4v) is 1.52. The normalized spacial score (nSPS) is 11.3. The van der Waals surface area contributed by atoms with Crippen molar-refractivity contribution < 1.29 is 19.5 Å². The number of carbonyl (C=O) groups is 3. The fourth-order valence-electron chi connectivity index (χ4n) is 1.52. The van der Waals surface area contributed by atoms with Gasteiger partial charge in [0.1, 0.15) is 6.04 Å². The van der Waals surface area contributed by atoms with E-state index in [1.165, 1.54) is 18.3 Å². The van der Waals surface area contributed by atoms with Crippen molar-refractivity contribution in [1.82, 2.24) is 20.9 Å². The molecule has 0 aliphatic rings. The van der Waals surface area contributed by atoms with Crippen LogP contribution in [-0.4, -0.2) is 40.6 Å². The van der Waals surface area contributed by atoms with Crippen molar-refractivity contribution in [3.63, 3.8) is 0 Å². The van der Waals surface area contributed by atoms with E-state index in [9.17, 15) is 14.4 Å². The maximum Gasteiger partial charge on any atom is 0.335 e. The van der Waals surface area contributed by atoms with E-state index in [0.29, 0.717) is 12.2 Å². The maximum absolute atomic E-state index is 11.6. The molecule has 0 saturated carbocycles. The van der Waals surface area contributed by atoms with Gasteiger partial charge in [0.25, 0.3) is 0 Å². The summed E-state index contributed by atoms with van der Waals surface area (Å²) in [6.45, 7) is 3.90. The molecular weight excluding hydrogens is 276 g/mol. The van der Waals surface area contributed by atoms with Gasteiger partial charge in [-0.25, -0.2) is 9.59 Å². The largest absolute Gasteiger partial charge is 0.478 e. The van der Waals surface area contributed by atoms with Crippen molar-refractivity contribution in [3.05, 3.63) is 29.6 Å². The molecule has 114 valence electrons. The number of rotatable bonds is 6. The van der Waals surface area contributed by atoms with Crippen LogP contribution in [-0.2, 0) is 11.3 Å². The number of aromatic carboxylic acids is 1. The number of carboxylic acid groups (broad SMARTS) is 1. The Balaban J connectivity index is 2.48. The van der Waals surface area contributed by atoms with Crippen molar-refractivity contribution in [2.75, 3.05) is 6.54 Å². The molecule has 0 aromatic carbocycles. The minimum atomic E-state index is -1.06. The summed E-state index contributed by atoms with van der Waals surface area (Å²) in [4.78, 5) is 37.8. The predicted molar refractivity (Wildman–Crippen MR) is 74.7 cm³/mol. The van der Waals surface area contributed by atoms with Gasteiger partial charge in [0.15, 0.2) is 0 Å². The molecule has 1 atom stereocenters. The van der Waals surface area contributed by atoms with Gasteiger partial charge in [-0.3, -0.25) is 9.78 Å². The number of urea groups is 1. The topological polar surface area (TPSA) is 120 Å². The summed E-state index contributed by atoms with van der Waals surface area (Å²) in [7, 11) is 0. The van der Waals surface area contributed by atoms with E-state index in [4.69, 9.17) is 5.11 Å². The summed E-state index contributed by atoms with van der Waals surface area (Å²) in [5, 5.41) is 16.4. The molecule has 4 N–H and O–H groups in total. The Labute approximate surface area is 121 Å². The van der Waals surface area contributed by atoms with Gasteiger partial charge < -0.3 is 21.1 Å². The first-order valence-corrected chi connectivity index (χ1v) is 6.44. The zero-order valence-corrected chi connectivity index (χ0v) is 11.8. The van der Waals surface area contributed by atoms with E-state index in [1.54, 1.807) is 13.8 Å². The zero-order chi connectivity index (χ0) is 15.8. The lowest BCUT2D eigenvalue weighted by Crippen LogP contribution is -2.48. The second kappa shape index (κ2) is 7.83. The molecule has 3 amide bonds. The van der Waals surface area contributed by atoms with E-state index in [2.05, 4.69) is 20.9 Å². The molecule has 0 spiro atoms. The zero-order valence-electron chi connectivity index (χ0n) is 11.8. The first kappa shape index (κ1) is 16.4. The Hall–Kier alpha value is -2.64. The molecule has 1 unspecified atom stereocenters. The quantitative estimate of drug-likeness (QED) is 0.593. The van der Waals surface area contributed by atoms with Crippen LogP contribution >= 0.6 is 0 Å². The predicted octanol–water partition coefficient (Wildman–Crippen LogP) is 0.104. The van der Waals surface area contributed by atoms with Gasteiger partial charge in [-0.1, -0.05) is 0 Å². The molecule has 1 aromatic rings. The third-order valence-corrected chi connectivity index (χ3v) is 2.59. The smallest absolute Gasteiger partial charge is 0.335 e. The Morgan fingerprint density at radius 1 is 1.33 bits per heavy atom. The second-order valence-electron chi connectivity index (χ2n) is 4.28. The number of pyridine rings is 1. The van der Waals surface area contributed by atoms with Crippen molar-refractivity contribution in [2.45, 2.75) is 26.4 Å². The summed E-state index contributed by atoms with van der Waals surface area (Å²) in [5.74, 6) is -1.34. The minimum absolute atomic E-state index is 0.0646. The molecule has 1 aromatic heterocycles. The molecule has 0 saturated heterocycles. The van der Waals surface area contributed by atoms with Crippen LogP contribution in [0.2, 0.25) is 0 Å². The average molecular weight is 294 g/mol. The van der Waals surface area contributed by atoms with Gasteiger partial charge in [-0.15, -0.1) is 0 Å². The summed E-state index contributed by atoms with van der Waals surface area (Å²) in [6.07, 6.45) is 1.36. The molecule has 0 aliphatic carbocycles. The van der Waals surface area contributed by atoms with E-state index in [0.717, 1.165) is 0 Å². The Morgan fingerprint density at radius 3 is 2.67 bits per heavy atom. The molecule has 0 radical (unpaired) electrons. The summed E-state index contributed by atoms with van der Waals surface area (Å²) >= 11 is 0. The number of aromatic nitrogens is 1. The number of carboxylic acids is 1. The van der Waals surface area contributed by atoms with Crippen LogP contribution in [0.15, 0.2) is 18.3 Å². The fraction of sp³-hybridized carbons (Fsp3) is 0.385.